The standard InChI is InChI=1S/C12H18N2/c1-2-10-5-6-12(14-9-10)8-11-4-3-7-13-11/h5-6,9,11,13H,2-4,7-8H2,1H3/t11-/m1/s1. The molecule has 1 aromatic heterocycles. The lowest BCUT2D eigenvalue weighted by Gasteiger charge is -2.09. The van der Waals surface area contributed by atoms with Crippen molar-refractivity contribution in [2.75, 3.05) is 6.54 Å². The molecule has 2 heteroatoms. The molecule has 2 nitrogen and oxygen atoms in total. The smallest absolute Gasteiger partial charge is 0.0419 e. The highest BCUT2D eigenvalue weighted by Gasteiger charge is 2.14. The lowest BCUT2D eigenvalue weighted by atomic mass is 10.1. The van der Waals surface area contributed by atoms with Gasteiger partial charge in [-0.25, -0.2) is 0 Å². The summed E-state index contributed by atoms with van der Waals surface area (Å²) < 4.78 is 0. The van der Waals surface area contributed by atoms with Gasteiger partial charge in [-0.3, -0.25) is 4.98 Å². The van der Waals surface area contributed by atoms with Crippen molar-refractivity contribution in [2.45, 2.75) is 38.6 Å². The molecule has 1 N–H and O–H groups in total. The van der Waals surface area contributed by atoms with Crippen LogP contribution in [0.25, 0.3) is 0 Å². The molecule has 1 saturated heterocycles. The van der Waals surface area contributed by atoms with Crippen LogP contribution in [-0.4, -0.2) is 17.6 Å². The van der Waals surface area contributed by atoms with Crippen molar-refractivity contribution >= 4 is 0 Å². The number of rotatable bonds is 3. The van der Waals surface area contributed by atoms with Gasteiger partial charge in [-0.1, -0.05) is 13.0 Å². The van der Waals surface area contributed by atoms with Crippen LogP contribution >= 0.6 is 0 Å². The maximum Gasteiger partial charge on any atom is 0.0419 e. The van der Waals surface area contributed by atoms with Gasteiger partial charge in [0.2, 0.25) is 0 Å². The van der Waals surface area contributed by atoms with E-state index in [-0.39, 0.29) is 0 Å². The van der Waals surface area contributed by atoms with E-state index in [0.29, 0.717) is 6.04 Å². The molecular weight excluding hydrogens is 172 g/mol. The van der Waals surface area contributed by atoms with Crippen LogP contribution in [0.2, 0.25) is 0 Å². The highest BCUT2D eigenvalue weighted by molar-refractivity contribution is 5.14. The molecule has 0 bridgehead atoms. The van der Waals surface area contributed by atoms with Gasteiger partial charge in [-0.15, -0.1) is 0 Å². The number of nitrogens with zero attached hydrogens (tertiary/aromatic N) is 1. The minimum absolute atomic E-state index is 0.662. The molecule has 0 spiro atoms. The van der Waals surface area contributed by atoms with E-state index in [1.54, 1.807) is 0 Å². The molecule has 1 aliphatic rings. The average Bonchev–Trinajstić information content (AvgIpc) is 2.72. The SMILES string of the molecule is CCc1ccc(C[C@H]2CCCN2)nc1. The Balaban J connectivity index is 1.95. The summed E-state index contributed by atoms with van der Waals surface area (Å²) in [5.41, 5.74) is 2.55. The lowest BCUT2D eigenvalue weighted by Crippen LogP contribution is -2.24. The summed E-state index contributed by atoms with van der Waals surface area (Å²) in [5, 5.41) is 3.49. The maximum absolute atomic E-state index is 4.47. The Labute approximate surface area is 85.7 Å². The van der Waals surface area contributed by atoms with E-state index < -0.39 is 0 Å². The molecule has 2 rings (SSSR count). The summed E-state index contributed by atoms with van der Waals surface area (Å²) in [4.78, 5) is 4.47. The van der Waals surface area contributed by atoms with Crippen molar-refractivity contribution in [3.05, 3.63) is 29.6 Å². The third-order valence-corrected chi connectivity index (χ3v) is 2.91. The van der Waals surface area contributed by atoms with Gasteiger partial charge >= 0.3 is 0 Å². The molecule has 1 aliphatic heterocycles. The Hall–Kier alpha value is -0.890. The van der Waals surface area contributed by atoms with Gasteiger partial charge in [0.1, 0.15) is 0 Å². The fourth-order valence-electron chi connectivity index (χ4n) is 1.97. The molecule has 1 fully saturated rings. The Bertz CT molecular complexity index is 273. The third-order valence-electron chi connectivity index (χ3n) is 2.91. The molecule has 0 saturated carbocycles. The summed E-state index contributed by atoms with van der Waals surface area (Å²) >= 11 is 0. The zero-order chi connectivity index (χ0) is 9.80. The van der Waals surface area contributed by atoms with E-state index >= 15 is 0 Å². The lowest BCUT2D eigenvalue weighted by molar-refractivity contribution is 0.595. The second kappa shape index (κ2) is 4.56. The highest BCUT2D eigenvalue weighted by atomic mass is 14.9. The molecule has 0 amide bonds. The van der Waals surface area contributed by atoms with Crippen LogP contribution in [0.15, 0.2) is 18.3 Å². The molecule has 0 radical (unpaired) electrons. The van der Waals surface area contributed by atoms with Crippen LogP contribution in [0, 0.1) is 0 Å². The van der Waals surface area contributed by atoms with Crippen molar-refractivity contribution in [1.82, 2.24) is 10.3 Å². The second-order valence-electron chi connectivity index (χ2n) is 4.01. The average molecular weight is 190 g/mol. The molecule has 76 valence electrons. The third kappa shape index (κ3) is 2.32. The van der Waals surface area contributed by atoms with Crippen molar-refractivity contribution in [2.24, 2.45) is 0 Å². The van der Waals surface area contributed by atoms with Gasteiger partial charge in [0.05, 0.1) is 0 Å². The van der Waals surface area contributed by atoms with Crippen LogP contribution in [0.4, 0.5) is 0 Å². The number of hydrogen-bond donors (Lipinski definition) is 1. The molecule has 0 aromatic carbocycles. The van der Waals surface area contributed by atoms with Gasteiger partial charge in [0, 0.05) is 24.4 Å². The van der Waals surface area contributed by atoms with Crippen LogP contribution in [-0.2, 0) is 12.8 Å². The highest BCUT2D eigenvalue weighted by Crippen LogP contribution is 2.11. The summed E-state index contributed by atoms with van der Waals surface area (Å²) in [6, 6.07) is 5.02. The topological polar surface area (TPSA) is 24.9 Å². The van der Waals surface area contributed by atoms with Crippen molar-refractivity contribution in [3.63, 3.8) is 0 Å². The predicted octanol–water partition coefficient (Wildman–Crippen LogP) is 1.94. The largest absolute Gasteiger partial charge is 0.314 e. The molecule has 2 heterocycles. The van der Waals surface area contributed by atoms with E-state index in [4.69, 9.17) is 0 Å². The summed E-state index contributed by atoms with van der Waals surface area (Å²) in [6.07, 6.45) is 6.79. The van der Waals surface area contributed by atoms with Gasteiger partial charge in [-0.05, 0) is 37.4 Å². The second-order valence-corrected chi connectivity index (χ2v) is 4.01. The number of aromatic nitrogens is 1. The van der Waals surface area contributed by atoms with E-state index in [9.17, 15) is 0 Å². The Morgan fingerprint density at radius 1 is 1.50 bits per heavy atom. The number of nitrogens with one attached hydrogen (secondary N) is 1. The van der Waals surface area contributed by atoms with Gasteiger partial charge in [-0.2, -0.15) is 0 Å². The van der Waals surface area contributed by atoms with E-state index in [2.05, 4.69) is 29.4 Å². The molecule has 1 atom stereocenters. The summed E-state index contributed by atoms with van der Waals surface area (Å²) in [5.74, 6) is 0. The van der Waals surface area contributed by atoms with Gasteiger partial charge < -0.3 is 5.32 Å². The normalized spacial score (nSPS) is 21.4. The fourth-order valence-corrected chi connectivity index (χ4v) is 1.97. The maximum atomic E-state index is 4.47. The first-order valence-electron chi connectivity index (χ1n) is 5.55. The van der Waals surface area contributed by atoms with E-state index in [0.717, 1.165) is 12.8 Å². The summed E-state index contributed by atoms with van der Waals surface area (Å²) in [6.45, 7) is 3.34. The zero-order valence-electron chi connectivity index (χ0n) is 8.79. The minimum Gasteiger partial charge on any atom is -0.314 e. The van der Waals surface area contributed by atoms with Crippen molar-refractivity contribution in [3.8, 4) is 0 Å². The molecule has 0 unspecified atom stereocenters. The van der Waals surface area contributed by atoms with Crippen molar-refractivity contribution in [1.29, 1.82) is 0 Å². The quantitative estimate of drug-likeness (QED) is 0.788. The first-order valence-corrected chi connectivity index (χ1v) is 5.55. The molecular formula is C12H18N2. The van der Waals surface area contributed by atoms with Gasteiger partial charge in [0.25, 0.3) is 0 Å². The predicted molar refractivity (Wildman–Crippen MR) is 58.3 cm³/mol. The Morgan fingerprint density at radius 3 is 3.00 bits per heavy atom. The first kappa shape index (κ1) is 9.66. The van der Waals surface area contributed by atoms with Gasteiger partial charge in [0.15, 0.2) is 0 Å². The van der Waals surface area contributed by atoms with Crippen LogP contribution in [0.3, 0.4) is 0 Å². The summed E-state index contributed by atoms with van der Waals surface area (Å²) in [7, 11) is 0. The monoisotopic (exact) mass is 190 g/mol. The first-order chi connectivity index (χ1) is 6.88. The fraction of sp³-hybridized carbons (Fsp3) is 0.583. The minimum atomic E-state index is 0.662. The van der Waals surface area contributed by atoms with Crippen LogP contribution < -0.4 is 5.32 Å². The Morgan fingerprint density at radius 2 is 2.43 bits per heavy atom. The molecule has 1 aromatic rings. The number of aryl methyl sites for hydroxylation is 1. The van der Waals surface area contributed by atoms with Crippen molar-refractivity contribution < 1.29 is 0 Å². The van der Waals surface area contributed by atoms with Crippen LogP contribution in [0.5, 0.6) is 0 Å². The van der Waals surface area contributed by atoms with Crippen LogP contribution in [0.1, 0.15) is 31.0 Å². The van der Waals surface area contributed by atoms with E-state index in [1.807, 2.05) is 6.20 Å². The van der Waals surface area contributed by atoms with E-state index in [1.165, 1.54) is 30.6 Å². The molecule has 0 aliphatic carbocycles. The zero-order valence-corrected chi connectivity index (χ0v) is 8.79. The number of pyridine rings is 1. The number of hydrogen-bond acceptors (Lipinski definition) is 2. The Kier molecular flexibility index (Phi) is 3.14. The molecule has 14 heavy (non-hydrogen) atoms.